The second kappa shape index (κ2) is 9.02. The van der Waals surface area contributed by atoms with Crippen LogP contribution in [0.25, 0.3) is 0 Å². The minimum Gasteiger partial charge on any atom is -0.497 e. The Hall–Kier alpha value is -0.970. The maximum absolute atomic E-state index is 11.9. The number of nitrogens with one attached hydrogen (secondary N) is 1. The van der Waals surface area contributed by atoms with Crippen molar-refractivity contribution in [1.82, 2.24) is 4.90 Å². The Morgan fingerprint density at radius 3 is 2.26 bits per heavy atom. The van der Waals surface area contributed by atoms with E-state index in [-0.39, 0.29) is 12.5 Å². The Morgan fingerprint density at radius 1 is 1.21 bits per heavy atom. The van der Waals surface area contributed by atoms with Crippen molar-refractivity contribution in [3.63, 3.8) is 0 Å². The van der Waals surface area contributed by atoms with Gasteiger partial charge in [-0.1, -0.05) is 0 Å². The van der Waals surface area contributed by atoms with Gasteiger partial charge in [0.25, 0.3) is 0 Å². The summed E-state index contributed by atoms with van der Waals surface area (Å²) in [5, 5.41) is 2.82. The van der Waals surface area contributed by atoms with Crippen LogP contribution in [-0.2, 0) is 4.79 Å². The van der Waals surface area contributed by atoms with Crippen LogP contribution in [0.2, 0.25) is 0 Å². The Kier molecular flexibility index (Phi) is 7.63. The number of halogens is 2. The van der Waals surface area contributed by atoms with Crippen LogP contribution in [0.4, 0.5) is 5.69 Å². The van der Waals surface area contributed by atoms with Gasteiger partial charge >= 0.3 is 0 Å². The highest BCUT2D eigenvalue weighted by molar-refractivity contribution is 6.18. The predicted molar refractivity (Wildman–Crippen MR) is 79.5 cm³/mol. The van der Waals surface area contributed by atoms with Crippen molar-refractivity contribution in [1.29, 1.82) is 0 Å². The topological polar surface area (TPSA) is 41.6 Å². The third-order valence-electron chi connectivity index (χ3n) is 2.54. The number of methoxy groups -OCH3 is 1. The summed E-state index contributed by atoms with van der Waals surface area (Å²) in [7, 11) is 1.60. The third-order valence-corrected chi connectivity index (χ3v) is 2.88. The third kappa shape index (κ3) is 6.14. The molecule has 0 atom stereocenters. The van der Waals surface area contributed by atoms with Crippen molar-refractivity contribution >= 4 is 34.8 Å². The summed E-state index contributed by atoms with van der Waals surface area (Å²) in [6, 6.07) is 7.18. The van der Waals surface area contributed by atoms with Gasteiger partial charge in [0.05, 0.1) is 13.7 Å². The quantitative estimate of drug-likeness (QED) is 0.750. The highest BCUT2D eigenvalue weighted by Crippen LogP contribution is 2.14. The summed E-state index contributed by atoms with van der Waals surface area (Å²) in [5.41, 5.74) is 0.738. The number of benzene rings is 1. The van der Waals surface area contributed by atoms with E-state index in [2.05, 4.69) is 5.32 Å². The van der Waals surface area contributed by atoms with E-state index >= 15 is 0 Å². The zero-order valence-electron chi connectivity index (χ0n) is 10.9. The first-order valence-electron chi connectivity index (χ1n) is 5.97. The minimum absolute atomic E-state index is 0.0830. The molecule has 0 aliphatic carbocycles. The Bertz CT molecular complexity index is 379. The first-order valence-corrected chi connectivity index (χ1v) is 7.04. The molecular formula is C13H18Cl2N2O2. The molecule has 19 heavy (non-hydrogen) atoms. The van der Waals surface area contributed by atoms with Crippen LogP contribution >= 0.6 is 23.2 Å². The van der Waals surface area contributed by atoms with Gasteiger partial charge in [-0.3, -0.25) is 9.69 Å². The molecule has 1 aromatic carbocycles. The standard InChI is InChI=1S/C13H18Cl2N2O2/c1-19-12-4-2-11(3-5-12)16-13(18)10-17(8-6-14)9-7-15/h2-5H,6-10H2,1H3,(H,16,18). The molecular weight excluding hydrogens is 287 g/mol. The zero-order chi connectivity index (χ0) is 14.1. The molecule has 0 radical (unpaired) electrons. The number of hydrogen-bond acceptors (Lipinski definition) is 3. The van der Waals surface area contributed by atoms with Gasteiger partial charge in [-0.05, 0) is 24.3 Å². The molecule has 106 valence electrons. The van der Waals surface area contributed by atoms with Crippen LogP contribution in [0.1, 0.15) is 0 Å². The molecule has 0 fully saturated rings. The van der Waals surface area contributed by atoms with Crippen LogP contribution in [0.3, 0.4) is 0 Å². The number of alkyl halides is 2. The molecule has 0 saturated carbocycles. The van der Waals surface area contributed by atoms with E-state index in [0.29, 0.717) is 24.8 Å². The number of amides is 1. The monoisotopic (exact) mass is 304 g/mol. The van der Waals surface area contributed by atoms with Crippen LogP contribution in [0.15, 0.2) is 24.3 Å². The Balaban J connectivity index is 2.48. The summed E-state index contributed by atoms with van der Waals surface area (Å²) in [6.45, 7) is 1.57. The second-order valence-electron chi connectivity index (χ2n) is 3.93. The van der Waals surface area contributed by atoms with Crippen molar-refractivity contribution in [2.75, 3.05) is 43.8 Å². The maximum Gasteiger partial charge on any atom is 0.238 e. The van der Waals surface area contributed by atoms with Crippen molar-refractivity contribution in [2.45, 2.75) is 0 Å². The lowest BCUT2D eigenvalue weighted by atomic mass is 10.3. The molecule has 1 N–H and O–H groups in total. The molecule has 1 aromatic rings. The predicted octanol–water partition coefficient (Wildman–Crippen LogP) is 2.41. The molecule has 0 spiro atoms. The highest BCUT2D eigenvalue weighted by Gasteiger charge is 2.09. The molecule has 0 heterocycles. The number of nitrogens with zero attached hydrogens (tertiary/aromatic N) is 1. The van der Waals surface area contributed by atoms with E-state index in [4.69, 9.17) is 27.9 Å². The van der Waals surface area contributed by atoms with Crippen LogP contribution in [-0.4, -0.2) is 49.3 Å². The molecule has 0 aromatic heterocycles. The van der Waals surface area contributed by atoms with E-state index in [0.717, 1.165) is 11.4 Å². The maximum atomic E-state index is 11.9. The lowest BCUT2D eigenvalue weighted by Crippen LogP contribution is -2.35. The fraction of sp³-hybridized carbons (Fsp3) is 0.462. The molecule has 0 aliphatic heterocycles. The fourth-order valence-electron chi connectivity index (χ4n) is 1.59. The first kappa shape index (κ1) is 16.1. The van der Waals surface area contributed by atoms with Gasteiger partial charge in [0.1, 0.15) is 5.75 Å². The fourth-order valence-corrected chi connectivity index (χ4v) is 2.07. The molecule has 0 aliphatic rings. The van der Waals surface area contributed by atoms with E-state index in [1.54, 1.807) is 31.4 Å². The van der Waals surface area contributed by atoms with Gasteiger partial charge < -0.3 is 10.1 Å². The van der Waals surface area contributed by atoms with Gasteiger partial charge in [0.15, 0.2) is 0 Å². The number of anilines is 1. The average molecular weight is 305 g/mol. The number of carbonyl (C=O) groups is 1. The van der Waals surface area contributed by atoms with Gasteiger partial charge in [0.2, 0.25) is 5.91 Å². The van der Waals surface area contributed by atoms with Gasteiger partial charge in [-0.2, -0.15) is 0 Å². The lowest BCUT2D eigenvalue weighted by Gasteiger charge is -2.19. The Morgan fingerprint density at radius 2 is 1.79 bits per heavy atom. The van der Waals surface area contributed by atoms with Crippen LogP contribution in [0, 0.1) is 0 Å². The molecule has 0 unspecified atom stereocenters. The lowest BCUT2D eigenvalue weighted by molar-refractivity contribution is -0.117. The normalized spacial score (nSPS) is 10.5. The van der Waals surface area contributed by atoms with E-state index in [1.807, 2.05) is 4.90 Å². The minimum atomic E-state index is -0.0830. The zero-order valence-corrected chi connectivity index (χ0v) is 12.4. The van der Waals surface area contributed by atoms with Crippen molar-refractivity contribution in [3.8, 4) is 5.75 Å². The summed E-state index contributed by atoms with van der Waals surface area (Å²) < 4.78 is 5.05. The molecule has 0 saturated heterocycles. The summed E-state index contributed by atoms with van der Waals surface area (Å²) in [4.78, 5) is 13.8. The molecule has 1 amide bonds. The van der Waals surface area contributed by atoms with Crippen molar-refractivity contribution in [3.05, 3.63) is 24.3 Å². The van der Waals surface area contributed by atoms with Crippen LogP contribution < -0.4 is 10.1 Å². The summed E-state index contributed by atoms with van der Waals surface area (Å²) in [5.74, 6) is 1.63. The highest BCUT2D eigenvalue weighted by atomic mass is 35.5. The van der Waals surface area contributed by atoms with Crippen molar-refractivity contribution in [2.24, 2.45) is 0 Å². The largest absolute Gasteiger partial charge is 0.497 e. The summed E-state index contributed by atoms with van der Waals surface area (Å²) >= 11 is 11.4. The molecule has 6 heteroatoms. The van der Waals surface area contributed by atoms with E-state index in [9.17, 15) is 4.79 Å². The second-order valence-corrected chi connectivity index (χ2v) is 4.69. The van der Waals surface area contributed by atoms with Crippen molar-refractivity contribution < 1.29 is 9.53 Å². The molecule has 0 bridgehead atoms. The molecule has 4 nitrogen and oxygen atoms in total. The number of hydrogen-bond donors (Lipinski definition) is 1. The number of carbonyl (C=O) groups excluding carboxylic acids is 1. The molecule has 1 rings (SSSR count). The smallest absolute Gasteiger partial charge is 0.238 e. The summed E-state index contributed by atoms with van der Waals surface area (Å²) in [6.07, 6.45) is 0. The number of ether oxygens (including phenoxy) is 1. The SMILES string of the molecule is COc1ccc(NC(=O)CN(CCCl)CCCl)cc1. The van der Waals surface area contributed by atoms with Gasteiger partial charge in [-0.25, -0.2) is 0 Å². The number of rotatable bonds is 8. The Labute approximate surface area is 123 Å². The van der Waals surface area contributed by atoms with Gasteiger partial charge in [-0.15, -0.1) is 23.2 Å². The average Bonchev–Trinajstić information content (AvgIpc) is 2.40. The van der Waals surface area contributed by atoms with E-state index in [1.165, 1.54) is 0 Å². The van der Waals surface area contributed by atoms with Gasteiger partial charge in [0, 0.05) is 30.5 Å². The van der Waals surface area contributed by atoms with E-state index < -0.39 is 0 Å². The van der Waals surface area contributed by atoms with Crippen LogP contribution in [0.5, 0.6) is 5.75 Å². The first-order chi connectivity index (χ1) is 9.19.